The molecule has 0 spiro atoms. The predicted molar refractivity (Wildman–Crippen MR) is 70.4 cm³/mol. The Morgan fingerprint density at radius 3 is 2.94 bits per heavy atom. The molecular formula is C13H11ClN4. The lowest BCUT2D eigenvalue weighted by Crippen LogP contribution is -2.07. The first kappa shape index (κ1) is 12.3. The zero-order chi connectivity index (χ0) is 12.8. The van der Waals surface area contributed by atoms with Crippen LogP contribution in [0.1, 0.15) is 11.3 Å². The molecule has 2 aromatic heterocycles. The van der Waals surface area contributed by atoms with Crippen LogP contribution in [0, 0.1) is 11.3 Å². The van der Waals surface area contributed by atoms with Gasteiger partial charge >= 0.3 is 0 Å². The van der Waals surface area contributed by atoms with Crippen molar-refractivity contribution in [1.82, 2.24) is 9.97 Å². The quantitative estimate of drug-likeness (QED) is 0.916. The van der Waals surface area contributed by atoms with Gasteiger partial charge in [-0.3, -0.25) is 4.98 Å². The number of nitriles is 1. The fourth-order valence-corrected chi connectivity index (χ4v) is 1.65. The molecule has 90 valence electrons. The van der Waals surface area contributed by atoms with Crippen LogP contribution in [-0.4, -0.2) is 16.5 Å². The molecular weight excluding hydrogens is 248 g/mol. The molecule has 2 heterocycles. The van der Waals surface area contributed by atoms with Crippen LogP contribution in [0.5, 0.6) is 0 Å². The molecule has 0 aromatic carbocycles. The maximum absolute atomic E-state index is 8.81. The number of nitrogens with zero attached hydrogens (tertiary/aromatic N) is 3. The van der Waals surface area contributed by atoms with Crippen LogP contribution in [0.3, 0.4) is 0 Å². The Kier molecular flexibility index (Phi) is 4.11. The molecule has 0 atom stereocenters. The van der Waals surface area contributed by atoms with Gasteiger partial charge in [0.2, 0.25) is 0 Å². The van der Waals surface area contributed by atoms with Gasteiger partial charge in [-0.05, 0) is 30.2 Å². The van der Waals surface area contributed by atoms with Crippen LogP contribution >= 0.6 is 11.6 Å². The molecule has 0 fully saturated rings. The lowest BCUT2D eigenvalue weighted by Gasteiger charge is -2.06. The number of anilines is 1. The predicted octanol–water partition coefficient (Wildman–Crippen LogP) is 2.66. The molecule has 0 radical (unpaired) electrons. The molecule has 1 N–H and O–H groups in total. The second-order valence-electron chi connectivity index (χ2n) is 3.68. The van der Waals surface area contributed by atoms with E-state index in [9.17, 15) is 0 Å². The van der Waals surface area contributed by atoms with E-state index in [1.165, 1.54) is 0 Å². The second-order valence-corrected chi connectivity index (χ2v) is 4.08. The van der Waals surface area contributed by atoms with E-state index in [-0.39, 0.29) is 5.69 Å². The van der Waals surface area contributed by atoms with Gasteiger partial charge in [0, 0.05) is 18.9 Å². The van der Waals surface area contributed by atoms with Crippen molar-refractivity contribution in [3.8, 4) is 6.07 Å². The molecule has 18 heavy (non-hydrogen) atoms. The molecule has 0 aliphatic carbocycles. The standard InChI is InChI=1S/C13H11ClN4/c14-11-3-4-13(18-12(11)8-15)17-7-5-10-2-1-6-16-9-10/h1-4,6,9H,5,7H2,(H,17,18). The second kappa shape index (κ2) is 5.99. The Hall–Kier alpha value is -2.12. The first-order valence-electron chi connectivity index (χ1n) is 5.49. The van der Waals surface area contributed by atoms with Crippen molar-refractivity contribution in [2.24, 2.45) is 0 Å². The van der Waals surface area contributed by atoms with Gasteiger partial charge in [0.05, 0.1) is 5.02 Å². The number of hydrogen-bond donors (Lipinski definition) is 1. The maximum Gasteiger partial charge on any atom is 0.161 e. The third-order valence-corrected chi connectivity index (χ3v) is 2.70. The number of aromatic nitrogens is 2. The molecule has 0 unspecified atom stereocenters. The van der Waals surface area contributed by atoms with E-state index in [2.05, 4.69) is 15.3 Å². The number of pyridine rings is 2. The van der Waals surface area contributed by atoms with E-state index >= 15 is 0 Å². The number of hydrogen-bond acceptors (Lipinski definition) is 4. The average molecular weight is 259 g/mol. The Balaban J connectivity index is 1.93. The van der Waals surface area contributed by atoms with Gasteiger partial charge in [0.15, 0.2) is 5.69 Å². The van der Waals surface area contributed by atoms with Crippen molar-refractivity contribution in [2.75, 3.05) is 11.9 Å². The molecule has 0 bridgehead atoms. The van der Waals surface area contributed by atoms with Gasteiger partial charge in [-0.15, -0.1) is 0 Å². The van der Waals surface area contributed by atoms with Crippen molar-refractivity contribution >= 4 is 17.4 Å². The fourth-order valence-electron chi connectivity index (χ4n) is 1.50. The Labute approximate surface area is 110 Å². The van der Waals surface area contributed by atoms with Crippen molar-refractivity contribution < 1.29 is 0 Å². The van der Waals surface area contributed by atoms with Crippen LogP contribution in [0.25, 0.3) is 0 Å². The summed E-state index contributed by atoms with van der Waals surface area (Å²) in [6, 6.07) is 9.30. The summed E-state index contributed by atoms with van der Waals surface area (Å²) in [5.41, 5.74) is 1.39. The molecule has 0 saturated carbocycles. The minimum absolute atomic E-state index is 0.239. The molecule has 5 heteroatoms. The third kappa shape index (κ3) is 3.19. The van der Waals surface area contributed by atoms with E-state index in [0.29, 0.717) is 10.8 Å². The summed E-state index contributed by atoms with van der Waals surface area (Å²) in [4.78, 5) is 8.15. The van der Waals surface area contributed by atoms with Crippen LogP contribution in [0.4, 0.5) is 5.82 Å². The van der Waals surface area contributed by atoms with Gasteiger partial charge in [-0.2, -0.15) is 5.26 Å². The monoisotopic (exact) mass is 258 g/mol. The summed E-state index contributed by atoms with van der Waals surface area (Å²) in [5.74, 6) is 0.653. The van der Waals surface area contributed by atoms with Gasteiger partial charge in [-0.1, -0.05) is 17.7 Å². The minimum atomic E-state index is 0.239. The fraction of sp³-hybridized carbons (Fsp3) is 0.154. The van der Waals surface area contributed by atoms with E-state index in [4.69, 9.17) is 16.9 Å². The highest BCUT2D eigenvalue weighted by Gasteiger charge is 2.02. The summed E-state index contributed by atoms with van der Waals surface area (Å²) >= 11 is 5.81. The number of halogens is 1. The normalized spacial score (nSPS) is 9.78. The Bertz CT molecular complexity index is 563. The van der Waals surface area contributed by atoms with E-state index in [0.717, 1.165) is 18.5 Å². The molecule has 0 aliphatic rings. The zero-order valence-electron chi connectivity index (χ0n) is 9.60. The summed E-state index contributed by atoms with van der Waals surface area (Å²) in [5, 5.41) is 12.3. The highest BCUT2D eigenvalue weighted by atomic mass is 35.5. The number of rotatable bonds is 4. The molecule has 2 aromatic rings. The van der Waals surface area contributed by atoms with Crippen LogP contribution in [-0.2, 0) is 6.42 Å². The van der Waals surface area contributed by atoms with Crippen LogP contribution < -0.4 is 5.32 Å². The first-order chi connectivity index (χ1) is 8.79. The van der Waals surface area contributed by atoms with Gasteiger partial charge < -0.3 is 5.32 Å². The zero-order valence-corrected chi connectivity index (χ0v) is 10.4. The molecule has 2 rings (SSSR count). The highest BCUT2D eigenvalue weighted by molar-refractivity contribution is 6.31. The van der Waals surface area contributed by atoms with Crippen LogP contribution in [0.15, 0.2) is 36.7 Å². The molecule has 0 saturated heterocycles. The highest BCUT2D eigenvalue weighted by Crippen LogP contribution is 2.15. The summed E-state index contributed by atoms with van der Waals surface area (Å²) in [6.07, 6.45) is 4.43. The molecule has 0 amide bonds. The van der Waals surface area contributed by atoms with E-state index in [1.807, 2.05) is 24.4 Å². The van der Waals surface area contributed by atoms with Crippen molar-refractivity contribution in [2.45, 2.75) is 6.42 Å². The van der Waals surface area contributed by atoms with Crippen molar-refractivity contribution in [3.05, 3.63) is 52.9 Å². The lowest BCUT2D eigenvalue weighted by atomic mass is 10.2. The molecule has 0 aliphatic heterocycles. The summed E-state index contributed by atoms with van der Waals surface area (Å²) < 4.78 is 0. The first-order valence-corrected chi connectivity index (χ1v) is 5.87. The molecule has 4 nitrogen and oxygen atoms in total. The maximum atomic E-state index is 8.81. The van der Waals surface area contributed by atoms with Crippen molar-refractivity contribution in [1.29, 1.82) is 5.26 Å². The minimum Gasteiger partial charge on any atom is -0.370 e. The SMILES string of the molecule is N#Cc1nc(NCCc2cccnc2)ccc1Cl. The Morgan fingerprint density at radius 1 is 1.33 bits per heavy atom. The number of nitrogens with one attached hydrogen (secondary N) is 1. The Morgan fingerprint density at radius 2 is 2.22 bits per heavy atom. The smallest absolute Gasteiger partial charge is 0.161 e. The van der Waals surface area contributed by atoms with E-state index in [1.54, 1.807) is 18.3 Å². The third-order valence-electron chi connectivity index (χ3n) is 2.39. The summed E-state index contributed by atoms with van der Waals surface area (Å²) in [7, 11) is 0. The van der Waals surface area contributed by atoms with Crippen LogP contribution in [0.2, 0.25) is 5.02 Å². The topological polar surface area (TPSA) is 61.6 Å². The van der Waals surface area contributed by atoms with Gasteiger partial charge in [-0.25, -0.2) is 4.98 Å². The van der Waals surface area contributed by atoms with Gasteiger partial charge in [0.1, 0.15) is 11.9 Å². The summed E-state index contributed by atoms with van der Waals surface area (Å²) in [6.45, 7) is 0.727. The largest absolute Gasteiger partial charge is 0.370 e. The average Bonchev–Trinajstić information content (AvgIpc) is 2.42. The lowest BCUT2D eigenvalue weighted by molar-refractivity contribution is 0.992. The van der Waals surface area contributed by atoms with Crippen molar-refractivity contribution in [3.63, 3.8) is 0 Å². The van der Waals surface area contributed by atoms with E-state index < -0.39 is 0 Å². The van der Waals surface area contributed by atoms with Gasteiger partial charge in [0.25, 0.3) is 0 Å².